The lowest BCUT2D eigenvalue weighted by Crippen LogP contribution is -2.26. The number of carbonyl (C=O) groups excluding carboxylic acids is 3. The molecule has 0 saturated heterocycles. The van der Waals surface area contributed by atoms with Gasteiger partial charge < -0.3 is 27.6 Å². The number of hydrogen-bond donors (Lipinski definition) is 5. The van der Waals surface area contributed by atoms with E-state index in [0.29, 0.717) is 58.3 Å². The number of carbonyl (C=O) groups is 4. The molecule has 0 radical (unpaired) electrons. The Morgan fingerprint density at radius 2 is 1.14 bits per heavy atom. The van der Waals surface area contributed by atoms with E-state index >= 15 is 0 Å². The molecule has 1 amide bonds. The zero-order valence-electron chi connectivity index (χ0n) is 39.1. The Morgan fingerprint density at radius 3 is 1.60 bits per heavy atom. The van der Waals surface area contributed by atoms with Crippen molar-refractivity contribution in [3.63, 3.8) is 0 Å². The zero-order valence-corrected chi connectivity index (χ0v) is 40.6. The molecular weight excluding hydrogens is 956 g/mol. The van der Waals surface area contributed by atoms with E-state index in [1.54, 1.807) is 46.1 Å². The highest BCUT2D eigenvalue weighted by Gasteiger charge is 2.30. The number of hydrogen-bond acceptors (Lipinski definition) is 13. The number of aromatic nitrogens is 8. The molecule has 0 aliphatic heterocycles. The molecule has 6 aromatic heterocycles. The van der Waals surface area contributed by atoms with Crippen molar-refractivity contribution in [2.75, 3.05) is 11.5 Å². The third kappa shape index (κ3) is 11.2. The van der Waals surface area contributed by atoms with Crippen LogP contribution in [0.4, 0.5) is 11.6 Å². The van der Waals surface area contributed by atoms with Gasteiger partial charge in [0.25, 0.3) is 5.91 Å². The van der Waals surface area contributed by atoms with E-state index in [1.807, 2.05) is 88.4 Å². The van der Waals surface area contributed by atoms with Gasteiger partial charge in [-0.05, 0) is 122 Å². The Morgan fingerprint density at radius 1 is 0.681 bits per heavy atom. The molecule has 2 aromatic carbocycles. The van der Waals surface area contributed by atoms with E-state index in [-0.39, 0.29) is 55.3 Å². The van der Waals surface area contributed by atoms with Crippen molar-refractivity contribution in [3.8, 4) is 0 Å². The minimum Gasteiger partial charge on any atom is -0.476 e. The molecule has 8 aromatic rings. The van der Waals surface area contributed by atoms with Gasteiger partial charge in [-0.3, -0.25) is 33.7 Å². The van der Waals surface area contributed by atoms with Crippen LogP contribution in [-0.4, -0.2) is 68.0 Å². The molecule has 368 valence electrons. The van der Waals surface area contributed by atoms with Gasteiger partial charge in [-0.2, -0.15) is 10.2 Å². The van der Waals surface area contributed by atoms with Crippen molar-refractivity contribution in [2.24, 2.45) is 5.73 Å². The van der Waals surface area contributed by atoms with E-state index < -0.39 is 11.9 Å². The van der Waals surface area contributed by atoms with Crippen molar-refractivity contribution in [1.82, 2.24) is 44.8 Å². The van der Waals surface area contributed by atoms with Gasteiger partial charge in [0, 0.05) is 60.5 Å². The lowest BCUT2D eigenvalue weighted by molar-refractivity contribution is 0.0684. The lowest BCUT2D eigenvalue weighted by atomic mass is 9.99. The summed E-state index contributed by atoms with van der Waals surface area (Å²) in [6.45, 7) is 9.20. The largest absolute Gasteiger partial charge is 0.476 e. The first-order chi connectivity index (χ1) is 34.0. The number of amides is 1. The first-order valence-corrected chi connectivity index (χ1v) is 23.1. The van der Waals surface area contributed by atoms with Gasteiger partial charge in [0.2, 0.25) is 0 Å². The van der Waals surface area contributed by atoms with E-state index in [2.05, 4.69) is 35.5 Å². The highest BCUT2D eigenvalue weighted by molar-refractivity contribution is 6.31. The maximum absolute atomic E-state index is 13.2. The average molecular weight is 1010 g/mol. The summed E-state index contributed by atoms with van der Waals surface area (Å²) in [4.78, 5) is 66.4. The Labute approximate surface area is 424 Å². The highest BCUT2D eigenvalue weighted by atomic mass is 35.5. The lowest BCUT2D eigenvalue weighted by Gasteiger charge is -2.11. The number of nitrogens with two attached hydrogens (primary N) is 3. The molecule has 17 nitrogen and oxygen atoms in total. The number of aryl methyl sites for hydroxylation is 4. The molecule has 6 heterocycles. The number of carboxylic acids is 1. The average Bonchev–Trinajstić information content (AvgIpc) is 3.88. The molecule has 19 heteroatoms. The number of Topliss-reactive ketones (excluding diaryl/α,β-unsaturated/α-hetero) is 2. The molecule has 2 aliphatic rings. The number of rotatable bonds is 9. The van der Waals surface area contributed by atoms with Gasteiger partial charge in [0.1, 0.15) is 11.6 Å². The quantitative estimate of drug-likeness (QED) is 0.0903. The van der Waals surface area contributed by atoms with E-state index in [0.717, 1.165) is 66.6 Å². The second-order valence-electron chi connectivity index (χ2n) is 17.0. The SMILES string of the molecule is C.Cc1cc(N)nc(C)c1CN.Cc1cc(N)nc(C)c1CNC(=O)c1nn(Cc2ccc3ncc(Cl)cc3c2)c2c1C(=O)CC=C2.O=C(O)c1nn(Cc2ccc3ncc(Cl)cc3c2)c2c1C(=O)CC=C2. The monoisotopic (exact) mass is 1010 g/mol. The standard InChI is InChI=1S/C26H23ClN6O2.C18H12ClN3O3.C8H13N3.CH4/c1-14-8-23(28)31-15(2)19(14)12-30-26(35)25-24-21(4-3-5-22(24)34)33(32-25)13-16-6-7-20-17(9-16)10-18(27)11-29-20;19-12-7-11-6-10(4-5-13(11)20-8-12)9-22-14-2-1-3-15(23)16(14)17(21-22)18(24)25;1-5-3-8(10)11-6(2)7(5)4-9;/h3-4,6-11H,5,12-13H2,1-2H3,(H2,28,31)(H,30,35);1-2,4-8H,3,9H2,(H,24,25);3H,4,9H2,1-2H3,(H2,10,11);1H4. The minimum absolute atomic E-state index is 0. The number of benzene rings is 2. The number of nitrogen functional groups attached to an aromatic ring is 2. The van der Waals surface area contributed by atoms with Gasteiger partial charge in [0.05, 0.1) is 56.7 Å². The van der Waals surface area contributed by atoms with Crippen molar-refractivity contribution in [1.29, 1.82) is 0 Å². The number of ketones is 2. The molecule has 0 unspecified atom stereocenters. The fourth-order valence-corrected chi connectivity index (χ4v) is 8.93. The molecule has 8 N–H and O–H groups in total. The zero-order chi connectivity index (χ0) is 50.7. The number of nitrogens with zero attached hydrogens (tertiary/aromatic N) is 8. The van der Waals surface area contributed by atoms with Crippen LogP contribution in [0.2, 0.25) is 10.0 Å². The predicted octanol–water partition coefficient (Wildman–Crippen LogP) is 9.06. The molecule has 0 atom stereocenters. The predicted molar refractivity (Wildman–Crippen MR) is 281 cm³/mol. The van der Waals surface area contributed by atoms with Crippen molar-refractivity contribution in [3.05, 3.63) is 174 Å². The van der Waals surface area contributed by atoms with E-state index in [9.17, 15) is 24.3 Å². The number of carboxylic acid groups (broad SMARTS) is 1. The fraction of sp³-hybridized carbons (Fsp3) is 0.208. The summed E-state index contributed by atoms with van der Waals surface area (Å²) in [5.41, 5.74) is 27.7. The molecule has 0 spiro atoms. The van der Waals surface area contributed by atoms with Crippen molar-refractivity contribution in [2.45, 2.75) is 74.1 Å². The van der Waals surface area contributed by atoms with Crippen LogP contribution < -0.4 is 22.5 Å². The van der Waals surface area contributed by atoms with Gasteiger partial charge in [0.15, 0.2) is 23.0 Å². The Bertz CT molecular complexity index is 3480. The minimum atomic E-state index is -1.20. The summed E-state index contributed by atoms with van der Waals surface area (Å²) in [5.74, 6) is -0.961. The Balaban J connectivity index is 0.000000178. The van der Waals surface area contributed by atoms with Crippen LogP contribution in [0, 0.1) is 27.7 Å². The number of anilines is 2. The van der Waals surface area contributed by atoms with Crippen LogP contribution in [-0.2, 0) is 26.2 Å². The molecular formula is C53H52Cl2N12O5. The van der Waals surface area contributed by atoms with Gasteiger partial charge >= 0.3 is 5.97 Å². The molecule has 0 fully saturated rings. The summed E-state index contributed by atoms with van der Waals surface area (Å²) in [7, 11) is 0. The number of fused-ring (bicyclic) bond motifs is 4. The summed E-state index contributed by atoms with van der Waals surface area (Å²) in [6, 6.07) is 18.8. The summed E-state index contributed by atoms with van der Waals surface area (Å²) in [6.07, 6.45) is 10.7. The molecule has 2 aliphatic carbocycles. The van der Waals surface area contributed by atoms with E-state index in [4.69, 9.17) is 40.4 Å². The number of halogens is 2. The first-order valence-electron chi connectivity index (χ1n) is 22.3. The van der Waals surface area contributed by atoms with Crippen molar-refractivity contribution < 1.29 is 24.3 Å². The number of allylic oxidation sites excluding steroid dienone is 2. The Kier molecular flexibility index (Phi) is 15.7. The Hall–Kier alpha value is -8.12. The maximum atomic E-state index is 13.2. The molecule has 0 bridgehead atoms. The molecule has 72 heavy (non-hydrogen) atoms. The van der Waals surface area contributed by atoms with Crippen LogP contribution in [0.25, 0.3) is 34.0 Å². The van der Waals surface area contributed by atoms with Crippen LogP contribution in [0.15, 0.2) is 85.2 Å². The normalized spacial score (nSPS) is 12.3. The highest BCUT2D eigenvalue weighted by Crippen LogP contribution is 2.28. The molecule has 0 saturated carbocycles. The van der Waals surface area contributed by atoms with Crippen molar-refractivity contribution >= 4 is 92.2 Å². The number of aromatic carboxylic acids is 1. The summed E-state index contributed by atoms with van der Waals surface area (Å²) in [5, 5.41) is 23.8. The summed E-state index contributed by atoms with van der Waals surface area (Å²) < 4.78 is 3.24. The van der Waals surface area contributed by atoms with Crippen LogP contribution in [0.3, 0.4) is 0 Å². The smallest absolute Gasteiger partial charge is 0.357 e. The van der Waals surface area contributed by atoms with Gasteiger partial charge in [-0.15, -0.1) is 0 Å². The van der Waals surface area contributed by atoms with Gasteiger partial charge in [-0.25, -0.2) is 14.8 Å². The second-order valence-corrected chi connectivity index (χ2v) is 17.9. The topological polar surface area (TPSA) is 266 Å². The van der Waals surface area contributed by atoms with E-state index in [1.165, 1.54) is 0 Å². The number of nitrogens with one attached hydrogen (secondary N) is 1. The van der Waals surface area contributed by atoms with Crippen LogP contribution in [0.5, 0.6) is 0 Å². The second kappa shape index (κ2) is 21.9. The van der Waals surface area contributed by atoms with Crippen LogP contribution in [0.1, 0.15) is 118 Å². The van der Waals surface area contributed by atoms with Gasteiger partial charge in [-0.1, -0.05) is 54.9 Å². The third-order valence-electron chi connectivity index (χ3n) is 12.0. The first kappa shape index (κ1) is 51.7. The summed E-state index contributed by atoms with van der Waals surface area (Å²) >= 11 is 12.1. The third-order valence-corrected chi connectivity index (χ3v) is 12.4. The fourth-order valence-electron chi connectivity index (χ4n) is 8.60. The van der Waals surface area contributed by atoms with Crippen LogP contribution >= 0.6 is 23.2 Å². The number of pyridine rings is 4. The molecule has 10 rings (SSSR count). The maximum Gasteiger partial charge on any atom is 0.357 e.